The van der Waals surface area contributed by atoms with Crippen LogP contribution in [0.1, 0.15) is 31.2 Å². The second kappa shape index (κ2) is 3.91. The van der Waals surface area contributed by atoms with Crippen molar-refractivity contribution < 1.29 is 5.11 Å². The lowest BCUT2D eigenvalue weighted by Crippen LogP contribution is -2.45. The zero-order valence-corrected chi connectivity index (χ0v) is 10.3. The second-order valence-corrected chi connectivity index (χ2v) is 5.48. The van der Waals surface area contributed by atoms with Crippen molar-refractivity contribution >= 4 is 11.4 Å². The molecule has 0 radical (unpaired) electrons. The van der Waals surface area contributed by atoms with Crippen molar-refractivity contribution in [2.45, 2.75) is 50.8 Å². The highest BCUT2D eigenvalue weighted by Crippen LogP contribution is 2.41. The van der Waals surface area contributed by atoms with Crippen molar-refractivity contribution in [3.63, 3.8) is 0 Å². The minimum absolute atomic E-state index is 0.116. The van der Waals surface area contributed by atoms with Gasteiger partial charge in [0, 0.05) is 12.1 Å². The summed E-state index contributed by atoms with van der Waals surface area (Å²) in [6, 6.07) is 7.19. The molecule has 3 heteroatoms. The predicted octanol–water partition coefficient (Wildman–Crippen LogP) is 2.07. The van der Waals surface area contributed by atoms with Gasteiger partial charge in [0.1, 0.15) is 0 Å². The summed E-state index contributed by atoms with van der Waals surface area (Å²) in [4.78, 5) is 2.45. The number of aryl methyl sites for hydroxylation is 1. The summed E-state index contributed by atoms with van der Waals surface area (Å²) in [5.74, 6) is 0. The Kier molecular flexibility index (Phi) is 2.51. The van der Waals surface area contributed by atoms with Gasteiger partial charge in [-0.3, -0.25) is 0 Å². The zero-order chi connectivity index (χ0) is 12.0. The van der Waals surface area contributed by atoms with Gasteiger partial charge in [-0.2, -0.15) is 0 Å². The van der Waals surface area contributed by atoms with Crippen LogP contribution in [0.2, 0.25) is 0 Å². The van der Waals surface area contributed by atoms with Crippen LogP contribution in [0.5, 0.6) is 0 Å². The first-order chi connectivity index (χ1) is 8.15. The van der Waals surface area contributed by atoms with Crippen LogP contribution in [0.15, 0.2) is 18.2 Å². The molecule has 1 aromatic carbocycles. The first-order valence-corrected chi connectivity index (χ1v) is 6.47. The number of aliphatic hydroxyl groups is 1. The maximum atomic E-state index is 9.82. The predicted molar refractivity (Wildman–Crippen MR) is 70.1 cm³/mol. The molecule has 3 N–H and O–H groups in total. The number of nitrogens with zero attached hydrogens (tertiary/aromatic N) is 1. The number of nitrogens with two attached hydrogens (primary N) is 1. The molecule has 2 aliphatic rings. The molecule has 2 fully saturated rings. The molecule has 0 spiro atoms. The van der Waals surface area contributed by atoms with Crippen molar-refractivity contribution in [2.75, 3.05) is 10.6 Å². The van der Waals surface area contributed by atoms with Crippen molar-refractivity contribution in [3.05, 3.63) is 23.8 Å². The van der Waals surface area contributed by atoms with Crippen LogP contribution in [0.4, 0.5) is 11.4 Å². The molecule has 92 valence electrons. The van der Waals surface area contributed by atoms with E-state index in [4.69, 9.17) is 5.73 Å². The average Bonchev–Trinajstić information content (AvgIpc) is 2.54. The fourth-order valence-electron chi connectivity index (χ4n) is 3.42. The van der Waals surface area contributed by atoms with Crippen molar-refractivity contribution in [1.82, 2.24) is 0 Å². The van der Waals surface area contributed by atoms with Gasteiger partial charge in [-0.1, -0.05) is 6.07 Å². The Morgan fingerprint density at radius 1 is 1.24 bits per heavy atom. The minimum Gasteiger partial charge on any atom is -0.397 e. The number of piperidine rings is 1. The Hall–Kier alpha value is -1.22. The maximum absolute atomic E-state index is 9.82. The summed E-state index contributed by atoms with van der Waals surface area (Å²) >= 11 is 0. The van der Waals surface area contributed by atoms with E-state index in [0.717, 1.165) is 18.5 Å². The van der Waals surface area contributed by atoms with Gasteiger partial charge in [0.2, 0.25) is 0 Å². The van der Waals surface area contributed by atoms with Crippen LogP contribution in [0.3, 0.4) is 0 Å². The second-order valence-electron chi connectivity index (χ2n) is 5.48. The van der Waals surface area contributed by atoms with Crippen LogP contribution < -0.4 is 10.6 Å². The molecule has 0 aliphatic carbocycles. The quantitative estimate of drug-likeness (QED) is 0.729. The van der Waals surface area contributed by atoms with Gasteiger partial charge in [-0.15, -0.1) is 0 Å². The van der Waals surface area contributed by atoms with E-state index in [9.17, 15) is 5.11 Å². The molecule has 3 rings (SSSR count). The molecular weight excluding hydrogens is 212 g/mol. The maximum Gasteiger partial charge on any atom is 0.0607 e. The van der Waals surface area contributed by atoms with Crippen LogP contribution >= 0.6 is 0 Å². The zero-order valence-electron chi connectivity index (χ0n) is 10.3. The lowest BCUT2D eigenvalue weighted by molar-refractivity contribution is 0.126. The number of benzene rings is 1. The Morgan fingerprint density at radius 2 is 1.88 bits per heavy atom. The third kappa shape index (κ3) is 1.78. The summed E-state index contributed by atoms with van der Waals surface area (Å²) in [5, 5.41) is 9.82. The Balaban J connectivity index is 1.97. The molecule has 2 heterocycles. The van der Waals surface area contributed by atoms with Crippen LogP contribution in [0.25, 0.3) is 0 Å². The number of fused-ring (bicyclic) bond motifs is 2. The Labute approximate surface area is 102 Å². The highest BCUT2D eigenvalue weighted by molar-refractivity contribution is 5.70. The third-order valence-electron chi connectivity index (χ3n) is 4.17. The fourth-order valence-corrected chi connectivity index (χ4v) is 3.42. The van der Waals surface area contributed by atoms with Gasteiger partial charge < -0.3 is 15.7 Å². The first-order valence-electron chi connectivity index (χ1n) is 6.47. The summed E-state index contributed by atoms with van der Waals surface area (Å²) in [6.07, 6.45) is 4.05. The molecule has 2 atom stereocenters. The van der Waals surface area contributed by atoms with E-state index in [0.29, 0.717) is 12.1 Å². The molecule has 0 aromatic heterocycles. The van der Waals surface area contributed by atoms with E-state index in [1.165, 1.54) is 24.1 Å². The first kappa shape index (κ1) is 10.9. The van der Waals surface area contributed by atoms with Gasteiger partial charge >= 0.3 is 0 Å². The fraction of sp³-hybridized carbons (Fsp3) is 0.571. The van der Waals surface area contributed by atoms with E-state index in [-0.39, 0.29) is 6.10 Å². The van der Waals surface area contributed by atoms with Crippen molar-refractivity contribution in [3.8, 4) is 0 Å². The topological polar surface area (TPSA) is 49.5 Å². The Bertz CT molecular complexity index is 418. The third-order valence-corrected chi connectivity index (χ3v) is 4.17. The van der Waals surface area contributed by atoms with Crippen LogP contribution in [-0.4, -0.2) is 23.3 Å². The lowest BCUT2D eigenvalue weighted by atomic mass is 9.98. The monoisotopic (exact) mass is 232 g/mol. The normalized spacial score (nSPS) is 31.9. The summed E-state index contributed by atoms with van der Waals surface area (Å²) in [7, 11) is 0. The molecule has 2 aliphatic heterocycles. The minimum atomic E-state index is -0.116. The number of hydrogen-bond acceptors (Lipinski definition) is 3. The number of rotatable bonds is 1. The number of hydrogen-bond donors (Lipinski definition) is 2. The van der Waals surface area contributed by atoms with E-state index < -0.39 is 0 Å². The van der Waals surface area contributed by atoms with Crippen molar-refractivity contribution in [1.29, 1.82) is 0 Å². The van der Waals surface area contributed by atoms with Crippen LogP contribution in [-0.2, 0) is 0 Å². The Morgan fingerprint density at radius 3 is 2.53 bits per heavy atom. The van der Waals surface area contributed by atoms with E-state index in [1.807, 2.05) is 6.07 Å². The summed E-state index contributed by atoms with van der Waals surface area (Å²) in [5.41, 5.74) is 9.39. The van der Waals surface area contributed by atoms with Gasteiger partial charge in [-0.05, 0) is 50.3 Å². The molecule has 0 saturated carbocycles. The molecule has 2 unspecified atom stereocenters. The smallest absolute Gasteiger partial charge is 0.0607 e. The molecule has 1 aromatic rings. The van der Waals surface area contributed by atoms with Crippen LogP contribution in [0, 0.1) is 6.92 Å². The average molecular weight is 232 g/mol. The number of nitrogen functional groups attached to an aromatic ring is 1. The van der Waals surface area contributed by atoms with Gasteiger partial charge in [0.15, 0.2) is 0 Å². The standard InChI is InChI=1S/C14H20N2O/c1-9-2-5-13(15)14(6-9)16-10-3-4-11(16)8-12(17)7-10/h2,5-6,10-12,17H,3-4,7-8,15H2,1H3. The van der Waals surface area contributed by atoms with E-state index in [1.54, 1.807) is 0 Å². The van der Waals surface area contributed by atoms with Gasteiger partial charge in [-0.25, -0.2) is 0 Å². The number of anilines is 2. The molecule has 0 amide bonds. The SMILES string of the molecule is Cc1ccc(N)c(N2C3CCC2CC(O)C3)c1. The van der Waals surface area contributed by atoms with E-state index >= 15 is 0 Å². The van der Waals surface area contributed by atoms with E-state index in [2.05, 4.69) is 24.0 Å². The summed E-state index contributed by atoms with van der Waals surface area (Å²) < 4.78 is 0. The molecule has 17 heavy (non-hydrogen) atoms. The van der Waals surface area contributed by atoms with Crippen molar-refractivity contribution in [2.24, 2.45) is 0 Å². The van der Waals surface area contributed by atoms with Gasteiger partial charge in [0.25, 0.3) is 0 Å². The lowest BCUT2D eigenvalue weighted by Gasteiger charge is -2.39. The number of aliphatic hydroxyl groups excluding tert-OH is 1. The highest BCUT2D eigenvalue weighted by atomic mass is 16.3. The highest BCUT2D eigenvalue weighted by Gasteiger charge is 2.40. The van der Waals surface area contributed by atoms with Gasteiger partial charge in [0.05, 0.1) is 17.5 Å². The largest absolute Gasteiger partial charge is 0.397 e. The molecule has 2 bridgehead atoms. The molecule has 2 saturated heterocycles. The molecule has 3 nitrogen and oxygen atoms in total. The summed E-state index contributed by atoms with van der Waals surface area (Å²) in [6.45, 7) is 2.10. The molecular formula is C14H20N2O.